The van der Waals surface area contributed by atoms with Gasteiger partial charge < -0.3 is 10.2 Å². The number of carboxylic acid groups (broad SMARTS) is 1. The summed E-state index contributed by atoms with van der Waals surface area (Å²) < 4.78 is 0. The first-order valence-corrected chi connectivity index (χ1v) is 8.71. The lowest BCUT2D eigenvalue weighted by molar-refractivity contribution is -0.132. The van der Waals surface area contributed by atoms with Crippen LogP contribution in [0.15, 0.2) is 11.3 Å². The Hall–Kier alpha value is -0.990. The first-order valence-electron chi connectivity index (χ1n) is 8.71. The van der Waals surface area contributed by atoms with Crippen LogP contribution in [0.3, 0.4) is 0 Å². The number of unbranched alkanes of at least 4 members (excludes halogenated alkanes) is 11. The number of hydrogen-bond donors (Lipinski definition) is 2. The minimum Gasteiger partial charge on any atom is -0.512 e. The van der Waals surface area contributed by atoms with Crippen molar-refractivity contribution in [1.29, 1.82) is 0 Å². The molecule has 0 bridgehead atoms. The molecule has 0 aromatic heterocycles. The molecule has 0 aliphatic heterocycles. The summed E-state index contributed by atoms with van der Waals surface area (Å²) >= 11 is 0. The zero-order valence-corrected chi connectivity index (χ0v) is 14.0. The van der Waals surface area contributed by atoms with Crippen LogP contribution in [0.25, 0.3) is 0 Å². The second-order valence-corrected chi connectivity index (χ2v) is 6.02. The Kier molecular flexibility index (Phi) is 13.3. The average Bonchev–Trinajstić information content (AvgIpc) is 2.47. The van der Waals surface area contributed by atoms with Crippen molar-refractivity contribution in [2.24, 2.45) is 0 Å². The van der Waals surface area contributed by atoms with Crippen molar-refractivity contribution < 1.29 is 15.0 Å². The summed E-state index contributed by atoms with van der Waals surface area (Å²) in [5, 5.41) is 18.3. The summed E-state index contributed by atoms with van der Waals surface area (Å²) in [5.41, 5.74) is 0.0815. The highest BCUT2D eigenvalue weighted by atomic mass is 16.4. The summed E-state index contributed by atoms with van der Waals surface area (Å²) in [7, 11) is 0. The van der Waals surface area contributed by atoms with Gasteiger partial charge >= 0.3 is 5.97 Å². The second kappa shape index (κ2) is 14.0. The molecule has 0 aromatic carbocycles. The third kappa shape index (κ3) is 12.5. The Bertz CT molecular complexity index is 295. The van der Waals surface area contributed by atoms with Crippen molar-refractivity contribution >= 4 is 5.97 Å². The molecule has 2 N–H and O–H groups in total. The van der Waals surface area contributed by atoms with Crippen LogP contribution in [0.5, 0.6) is 0 Å². The maximum Gasteiger partial charge on any atom is 0.334 e. The van der Waals surface area contributed by atoms with Gasteiger partial charge in [0.05, 0.1) is 5.57 Å². The molecule has 0 fully saturated rings. The van der Waals surface area contributed by atoms with E-state index in [4.69, 9.17) is 5.11 Å². The monoisotopic (exact) mass is 298 g/mol. The molecule has 0 atom stereocenters. The fraction of sp³-hybridized carbons (Fsp3) is 0.833. The normalized spacial score (nSPS) is 12.3. The van der Waals surface area contributed by atoms with Crippen molar-refractivity contribution in [2.75, 3.05) is 0 Å². The van der Waals surface area contributed by atoms with Crippen LogP contribution in [0, 0.1) is 0 Å². The zero-order valence-electron chi connectivity index (χ0n) is 14.0. The van der Waals surface area contributed by atoms with Gasteiger partial charge in [0.25, 0.3) is 0 Å². The van der Waals surface area contributed by atoms with E-state index in [1.165, 1.54) is 71.1 Å². The summed E-state index contributed by atoms with van der Waals surface area (Å²) in [4.78, 5) is 10.6. The summed E-state index contributed by atoms with van der Waals surface area (Å²) in [6.45, 7) is 3.71. The lowest BCUT2D eigenvalue weighted by atomic mass is 10.0. The van der Waals surface area contributed by atoms with E-state index in [2.05, 4.69) is 6.92 Å². The molecule has 0 saturated carbocycles. The van der Waals surface area contributed by atoms with Crippen molar-refractivity contribution in [3.8, 4) is 0 Å². The molecule has 0 saturated heterocycles. The van der Waals surface area contributed by atoms with E-state index in [1.54, 1.807) is 0 Å². The van der Waals surface area contributed by atoms with Gasteiger partial charge in [0.1, 0.15) is 5.76 Å². The number of allylic oxidation sites excluding steroid dienone is 1. The van der Waals surface area contributed by atoms with Gasteiger partial charge in [0.15, 0.2) is 0 Å². The fourth-order valence-electron chi connectivity index (χ4n) is 2.44. The molecule has 0 aliphatic carbocycles. The van der Waals surface area contributed by atoms with Gasteiger partial charge in [-0.3, -0.25) is 0 Å². The minimum absolute atomic E-state index is 0.0366. The highest BCUT2D eigenvalue weighted by Gasteiger charge is 2.07. The highest BCUT2D eigenvalue weighted by molar-refractivity contribution is 5.86. The van der Waals surface area contributed by atoms with E-state index in [1.807, 2.05) is 0 Å². The molecule has 0 heterocycles. The smallest absolute Gasteiger partial charge is 0.334 e. The molecule has 21 heavy (non-hydrogen) atoms. The van der Waals surface area contributed by atoms with Crippen LogP contribution in [0.1, 0.15) is 97.3 Å². The zero-order chi connectivity index (χ0) is 15.9. The van der Waals surface area contributed by atoms with E-state index in [0.29, 0.717) is 6.42 Å². The lowest BCUT2D eigenvalue weighted by Gasteiger charge is -2.04. The van der Waals surface area contributed by atoms with Crippen molar-refractivity contribution in [3.05, 3.63) is 11.3 Å². The fourth-order valence-corrected chi connectivity index (χ4v) is 2.44. The topological polar surface area (TPSA) is 57.5 Å². The molecule has 0 rings (SSSR count). The Morgan fingerprint density at radius 3 is 1.48 bits per heavy atom. The summed E-state index contributed by atoms with van der Waals surface area (Å²) in [5.74, 6) is -0.985. The van der Waals surface area contributed by atoms with Crippen LogP contribution in [-0.4, -0.2) is 16.2 Å². The SMILES string of the molecule is CCCCCCCCCCCCCC/C(O)=C(\C)C(=O)O. The molecule has 0 radical (unpaired) electrons. The molecule has 0 aliphatic rings. The summed E-state index contributed by atoms with van der Waals surface area (Å²) in [6, 6.07) is 0. The number of carbonyl (C=O) groups is 1. The van der Waals surface area contributed by atoms with E-state index in [0.717, 1.165) is 12.8 Å². The van der Waals surface area contributed by atoms with Crippen molar-refractivity contribution in [1.82, 2.24) is 0 Å². The van der Waals surface area contributed by atoms with Crippen molar-refractivity contribution in [3.63, 3.8) is 0 Å². The highest BCUT2D eigenvalue weighted by Crippen LogP contribution is 2.14. The Labute approximate surface area is 130 Å². The predicted molar refractivity (Wildman–Crippen MR) is 88.7 cm³/mol. The third-order valence-electron chi connectivity index (χ3n) is 4.02. The number of aliphatic carboxylic acids is 1. The molecule has 0 amide bonds. The Morgan fingerprint density at radius 2 is 1.10 bits per heavy atom. The maximum absolute atomic E-state index is 10.6. The minimum atomic E-state index is -1.02. The molecule has 124 valence electrons. The quantitative estimate of drug-likeness (QED) is 0.235. The number of carboxylic acids is 1. The molecule has 3 heteroatoms. The van der Waals surface area contributed by atoms with Crippen LogP contribution >= 0.6 is 0 Å². The Morgan fingerprint density at radius 1 is 0.714 bits per heavy atom. The number of rotatable bonds is 14. The van der Waals surface area contributed by atoms with Crippen molar-refractivity contribution in [2.45, 2.75) is 97.3 Å². The van der Waals surface area contributed by atoms with Gasteiger partial charge in [-0.05, 0) is 13.3 Å². The molecule has 0 spiro atoms. The molecule has 3 nitrogen and oxygen atoms in total. The lowest BCUT2D eigenvalue weighted by Crippen LogP contribution is -2.01. The molecular weight excluding hydrogens is 264 g/mol. The van der Waals surface area contributed by atoms with Crippen LogP contribution in [0.2, 0.25) is 0 Å². The molecule has 0 unspecified atom stereocenters. The Balaban J connectivity index is 3.30. The number of aliphatic hydroxyl groups is 1. The summed E-state index contributed by atoms with van der Waals surface area (Å²) in [6.07, 6.45) is 15.8. The van der Waals surface area contributed by atoms with Gasteiger partial charge in [0, 0.05) is 6.42 Å². The maximum atomic E-state index is 10.6. The van der Waals surface area contributed by atoms with E-state index >= 15 is 0 Å². The predicted octanol–water partition coefficient (Wildman–Crippen LogP) is 5.99. The van der Waals surface area contributed by atoms with Gasteiger partial charge in [-0.25, -0.2) is 4.79 Å². The van der Waals surface area contributed by atoms with Gasteiger partial charge in [-0.2, -0.15) is 0 Å². The van der Waals surface area contributed by atoms with Gasteiger partial charge in [-0.1, -0.05) is 77.6 Å². The van der Waals surface area contributed by atoms with Gasteiger partial charge in [-0.15, -0.1) is 0 Å². The van der Waals surface area contributed by atoms with Gasteiger partial charge in [0.2, 0.25) is 0 Å². The standard InChI is InChI=1S/C18H34O3/c1-3-4-5-6-7-8-9-10-11-12-13-14-15-17(19)16(2)18(20)21/h19H,3-15H2,1-2H3,(H,20,21)/b17-16-. The average molecular weight is 298 g/mol. The first kappa shape index (κ1) is 20.0. The molecular formula is C18H34O3. The third-order valence-corrected chi connectivity index (χ3v) is 4.02. The first-order chi connectivity index (χ1) is 10.1. The number of aliphatic hydroxyl groups excluding tert-OH is 1. The van der Waals surface area contributed by atoms with E-state index in [-0.39, 0.29) is 11.3 Å². The molecule has 0 aromatic rings. The van der Waals surface area contributed by atoms with E-state index in [9.17, 15) is 9.90 Å². The van der Waals surface area contributed by atoms with Crippen LogP contribution in [0.4, 0.5) is 0 Å². The largest absolute Gasteiger partial charge is 0.512 e. The van der Waals surface area contributed by atoms with Crippen LogP contribution < -0.4 is 0 Å². The number of hydrogen-bond acceptors (Lipinski definition) is 2. The second-order valence-electron chi connectivity index (χ2n) is 6.02. The van der Waals surface area contributed by atoms with E-state index < -0.39 is 5.97 Å². The van der Waals surface area contributed by atoms with Crippen LogP contribution in [-0.2, 0) is 4.79 Å².